The summed E-state index contributed by atoms with van der Waals surface area (Å²) in [6.45, 7) is 12.2. The van der Waals surface area contributed by atoms with Crippen LogP contribution in [-0.4, -0.2) is 14.1 Å². The second kappa shape index (κ2) is 15.1. The number of rotatable bonds is 8. The fourth-order valence-electron chi connectivity index (χ4n) is 8.09. The molecular formula is C56H48N4O. The van der Waals surface area contributed by atoms with Crippen LogP contribution in [0.4, 0.5) is 0 Å². The molecule has 7 aromatic carbocycles. The van der Waals surface area contributed by atoms with Crippen LogP contribution in [-0.2, 0) is 5.41 Å². The van der Waals surface area contributed by atoms with E-state index in [-0.39, 0.29) is 33.4 Å². The maximum absolute atomic E-state index is 9.06. The molecular weight excluding hydrogens is 745 g/mol. The molecule has 0 saturated heterocycles. The van der Waals surface area contributed by atoms with Gasteiger partial charge < -0.3 is 4.74 Å². The van der Waals surface area contributed by atoms with Gasteiger partial charge in [0, 0.05) is 24.4 Å². The van der Waals surface area contributed by atoms with Crippen LogP contribution in [0.2, 0.25) is 0 Å². The SMILES string of the molecule is [2H]c1c([2H])c([2H])c(-c2cccc(-c3c([2H])c([2H])c([2H])c([2H])c3[2H])c2-[n+]2[c-]n(-c3cccc(Oc4ccc5c6cc(C(C)(C)C)ccc6n(-c6cc(C([2H])(C)C)ccn6)c5c4)c3)c3cccc(C)c32)c([2H])c1[2H]. The van der Waals surface area contributed by atoms with Crippen molar-refractivity contribution in [3.63, 3.8) is 0 Å². The minimum absolute atomic E-state index is 0.0924. The fourth-order valence-corrected chi connectivity index (χ4v) is 8.09. The molecule has 3 aromatic heterocycles. The average Bonchev–Trinajstić information content (AvgIpc) is 3.90. The molecule has 0 atom stereocenters. The van der Waals surface area contributed by atoms with Crippen molar-refractivity contribution >= 4 is 32.8 Å². The first-order chi connectivity index (χ1) is 34.1. The zero-order valence-corrected chi connectivity index (χ0v) is 34.7. The van der Waals surface area contributed by atoms with E-state index in [9.17, 15) is 0 Å². The zero-order valence-electron chi connectivity index (χ0n) is 45.7. The minimum atomic E-state index is -0.851. The maximum atomic E-state index is 9.06. The van der Waals surface area contributed by atoms with Crippen LogP contribution in [0.3, 0.4) is 0 Å². The standard InChI is InChI=1S/C56H48N4O/c1-37(2)41-30-31-57-53(32-41)60-50-29-26-42(56(4,5)6)33-49(50)48-28-27-45(35-52(48)60)61-44-22-14-21-43(34-44)58-36-59(54-38(3)16-13-25-51(54)58)55-46(39-17-9-7-10-18-39)23-15-24-47(55)40-19-11-8-12-20-40/h7-35,37H,1-6H3/i7D,8D,9D,10D,11D,12D,17D,18D,19D,20D,37D. The summed E-state index contributed by atoms with van der Waals surface area (Å²) in [5, 5.41) is 2.07. The molecule has 298 valence electrons. The highest BCUT2D eigenvalue weighted by Crippen LogP contribution is 2.39. The number of pyridine rings is 1. The van der Waals surface area contributed by atoms with E-state index in [0.717, 1.165) is 32.9 Å². The Balaban J connectivity index is 1.16. The van der Waals surface area contributed by atoms with Gasteiger partial charge in [-0.05, 0) is 112 Å². The summed E-state index contributed by atoms with van der Waals surface area (Å²) in [7, 11) is 0. The molecule has 5 heteroatoms. The molecule has 10 aromatic rings. The van der Waals surface area contributed by atoms with Crippen LogP contribution in [0.5, 0.6) is 11.5 Å². The predicted octanol–water partition coefficient (Wildman–Crippen LogP) is 14.1. The smallest absolute Gasteiger partial charge is 0.269 e. The Kier molecular flexibility index (Phi) is 6.81. The van der Waals surface area contributed by atoms with Crippen molar-refractivity contribution in [2.45, 2.75) is 52.9 Å². The Morgan fingerprint density at radius 3 is 2.08 bits per heavy atom. The van der Waals surface area contributed by atoms with Crippen molar-refractivity contribution < 1.29 is 24.4 Å². The lowest BCUT2D eigenvalue weighted by Crippen LogP contribution is -2.32. The molecule has 0 aliphatic rings. The minimum Gasteiger partial charge on any atom is -0.458 e. The van der Waals surface area contributed by atoms with Gasteiger partial charge in [-0.1, -0.05) is 144 Å². The molecule has 0 fully saturated rings. The van der Waals surface area contributed by atoms with Crippen molar-refractivity contribution in [1.82, 2.24) is 14.1 Å². The molecule has 3 heterocycles. The van der Waals surface area contributed by atoms with Gasteiger partial charge in [-0.3, -0.25) is 13.7 Å². The number of aryl methyl sites for hydroxylation is 1. The van der Waals surface area contributed by atoms with Gasteiger partial charge in [0.05, 0.1) is 47.1 Å². The highest BCUT2D eigenvalue weighted by atomic mass is 16.5. The number of nitrogens with zero attached hydrogens (tertiary/aromatic N) is 4. The van der Waals surface area contributed by atoms with E-state index in [1.54, 1.807) is 33.5 Å². The van der Waals surface area contributed by atoms with E-state index in [4.69, 9.17) is 24.8 Å². The van der Waals surface area contributed by atoms with E-state index in [1.165, 1.54) is 5.56 Å². The second-order valence-electron chi connectivity index (χ2n) is 16.4. The molecule has 5 nitrogen and oxygen atoms in total. The first-order valence-corrected chi connectivity index (χ1v) is 20.1. The molecule has 0 amide bonds. The van der Waals surface area contributed by atoms with Gasteiger partial charge in [-0.25, -0.2) is 4.98 Å². The Morgan fingerprint density at radius 2 is 1.38 bits per heavy atom. The topological polar surface area (TPSA) is 35.9 Å². The number of para-hydroxylation sites is 2. The third-order valence-corrected chi connectivity index (χ3v) is 11.1. The molecule has 0 saturated carbocycles. The molecule has 0 aliphatic heterocycles. The van der Waals surface area contributed by atoms with Crippen LogP contribution in [0.15, 0.2) is 176 Å². The number of hydrogen-bond acceptors (Lipinski definition) is 2. The van der Waals surface area contributed by atoms with Gasteiger partial charge in [-0.2, -0.15) is 0 Å². The molecule has 0 bridgehead atoms. The summed E-state index contributed by atoms with van der Waals surface area (Å²) in [6.07, 6.45) is 5.22. The van der Waals surface area contributed by atoms with Gasteiger partial charge in [0.15, 0.2) is 0 Å². The van der Waals surface area contributed by atoms with Crippen molar-refractivity contribution in [3.8, 4) is 50.9 Å². The van der Waals surface area contributed by atoms with E-state index in [1.807, 2.05) is 87.5 Å². The van der Waals surface area contributed by atoms with Crippen molar-refractivity contribution in [3.05, 3.63) is 199 Å². The predicted molar refractivity (Wildman–Crippen MR) is 251 cm³/mol. The molecule has 0 N–H and O–H groups in total. The molecule has 0 unspecified atom stereocenters. The first-order valence-electron chi connectivity index (χ1n) is 25.6. The monoisotopic (exact) mass is 803 g/mol. The highest BCUT2D eigenvalue weighted by molar-refractivity contribution is 6.09. The van der Waals surface area contributed by atoms with E-state index in [0.29, 0.717) is 34.0 Å². The molecule has 61 heavy (non-hydrogen) atoms. The third kappa shape index (κ3) is 6.86. The lowest BCUT2D eigenvalue weighted by Gasteiger charge is -2.19. The molecule has 0 aliphatic carbocycles. The zero-order chi connectivity index (χ0) is 51.5. The lowest BCUT2D eigenvalue weighted by molar-refractivity contribution is -0.571. The van der Waals surface area contributed by atoms with Gasteiger partial charge >= 0.3 is 0 Å². The van der Waals surface area contributed by atoms with Crippen molar-refractivity contribution in [2.75, 3.05) is 0 Å². The largest absolute Gasteiger partial charge is 0.458 e. The number of imidazole rings is 1. The first kappa shape index (κ1) is 27.5. The molecule has 0 radical (unpaired) electrons. The summed E-state index contributed by atoms with van der Waals surface area (Å²) >= 11 is 0. The van der Waals surface area contributed by atoms with Crippen LogP contribution in [0, 0.1) is 13.3 Å². The fraction of sp³-hybridized carbons (Fsp3) is 0.143. The van der Waals surface area contributed by atoms with Gasteiger partial charge in [-0.15, -0.1) is 0 Å². The number of benzene rings is 7. The Morgan fingerprint density at radius 1 is 0.689 bits per heavy atom. The number of ether oxygens (including phenoxy) is 1. The lowest BCUT2D eigenvalue weighted by atomic mass is 9.86. The molecule has 0 spiro atoms. The third-order valence-electron chi connectivity index (χ3n) is 11.1. The van der Waals surface area contributed by atoms with E-state index < -0.39 is 66.3 Å². The number of aromatic nitrogens is 4. The Bertz CT molecular complexity index is 3760. The van der Waals surface area contributed by atoms with Gasteiger partial charge in [0.25, 0.3) is 6.33 Å². The summed E-state index contributed by atoms with van der Waals surface area (Å²) < 4.78 is 108. The number of fused-ring (bicyclic) bond motifs is 4. The van der Waals surface area contributed by atoms with Gasteiger partial charge in [0.2, 0.25) is 0 Å². The van der Waals surface area contributed by atoms with Gasteiger partial charge in [0.1, 0.15) is 17.3 Å². The van der Waals surface area contributed by atoms with Crippen LogP contribution < -0.4 is 9.30 Å². The second-order valence-corrected chi connectivity index (χ2v) is 16.4. The normalized spacial score (nSPS) is 14.6. The summed E-state index contributed by atoms with van der Waals surface area (Å²) in [4.78, 5) is 4.81. The number of hydrogen-bond donors (Lipinski definition) is 0. The van der Waals surface area contributed by atoms with Crippen LogP contribution in [0.25, 0.3) is 72.3 Å². The summed E-state index contributed by atoms with van der Waals surface area (Å²) in [5.41, 5.74) is 6.62. The molecule has 10 rings (SSSR count). The van der Waals surface area contributed by atoms with Crippen LogP contribution >= 0.6 is 0 Å². The maximum Gasteiger partial charge on any atom is 0.269 e. The average molecular weight is 804 g/mol. The van der Waals surface area contributed by atoms with Crippen molar-refractivity contribution in [2.24, 2.45) is 0 Å². The summed E-state index contributed by atoms with van der Waals surface area (Å²) in [6, 6.07) is 29.0. The Labute approximate surface area is 373 Å². The quantitative estimate of drug-likeness (QED) is 0.113. The van der Waals surface area contributed by atoms with E-state index >= 15 is 0 Å². The summed E-state index contributed by atoms with van der Waals surface area (Å²) in [5.74, 6) is 0.877. The van der Waals surface area contributed by atoms with E-state index in [2.05, 4.69) is 55.9 Å². The van der Waals surface area contributed by atoms with Crippen LogP contribution in [0.1, 0.15) is 72.3 Å². The van der Waals surface area contributed by atoms with Crippen molar-refractivity contribution in [1.29, 1.82) is 0 Å². The Hall–Kier alpha value is -7.24. The highest BCUT2D eigenvalue weighted by Gasteiger charge is 2.22.